The van der Waals surface area contributed by atoms with E-state index in [-0.39, 0.29) is 17.9 Å². The first-order valence-corrected chi connectivity index (χ1v) is 10.0. The summed E-state index contributed by atoms with van der Waals surface area (Å²) in [7, 11) is 3.82. The minimum absolute atomic E-state index is 0.0321. The number of hydrogen-bond acceptors (Lipinski definition) is 6. The van der Waals surface area contributed by atoms with Crippen molar-refractivity contribution in [2.24, 2.45) is 13.0 Å². The predicted molar refractivity (Wildman–Crippen MR) is 107 cm³/mol. The van der Waals surface area contributed by atoms with Crippen LogP contribution >= 0.6 is 11.3 Å². The molecule has 1 fully saturated rings. The summed E-state index contributed by atoms with van der Waals surface area (Å²) in [5.41, 5.74) is 2.22. The molecule has 0 saturated carbocycles. The summed E-state index contributed by atoms with van der Waals surface area (Å²) in [6.07, 6.45) is 5.01. The Morgan fingerprint density at radius 2 is 2.15 bits per heavy atom. The molecular formula is C19H24N6OS. The molecule has 3 aromatic rings. The molecule has 0 bridgehead atoms. The SMILES string of the molecule is CCc1cc2c(NC[C@@H]3CC(=O)N(C)[C@H]3c3cnn(C)c3C)ncnc2s1. The highest BCUT2D eigenvalue weighted by molar-refractivity contribution is 7.18. The second-order valence-corrected chi connectivity index (χ2v) is 8.23. The fraction of sp³-hybridized carbons (Fsp3) is 0.474. The van der Waals surface area contributed by atoms with Crippen molar-refractivity contribution in [1.82, 2.24) is 24.6 Å². The number of amides is 1. The molecule has 4 rings (SSSR count). The van der Waals surface area contributed by atoms with Crippen LogP contribution in [0.4, 0.5) is 5.82 Å². The Balaban J connectivity index is 1.59. The fourth-order valence-electron chi connectivity index (χ4n) is 3.85. The first kappa shape index (κ1) is 17.9. The molecule has 2 atom stereocenters. The third-order valence-corrected chi connectivity index (χ3v) is 6.73. The molecule has 1 amide bonds. The number of hydrogen-bond donors (Lipinski definition) is 1. The van der Waals surface area contributed by atoms with E-state index in [2.05, 4.69) is 40.3 Å². The second kappa shape index (κ2) is 6.92. The fourth-order valence-corrected chi connectivity index (χ4v) is 4.79. The Bertz CT molecular complexity index is 993. The van der Waals surface area contributed by atoms with E-state index in [1.165, 1.54) is 4.88 Å². The van der Waals surface area contributed by atoms with Crippen molar-refractivity contribution in [3.8, 4) is 0 Å². The molecule has 27 heavy (non-hydrogen) atoms. The molecule has 0 spiro atoms. The quantitative estimate of drug-likeness (QED) is 0.732. The van der Waals surface area contributed by atoms with Crippen molar-refractivity contribution >= 4 is 33.3 Å². The zero-order valence-electron chi connectivity index (χ0n) is 16.1. The molecule has 0 unspecified atom stereocenters. The number of aromatic nitrogens is 4. The first-order chi connectivity index (χ1) is 13.0. The average Bonchev–Trinajstić information content (AvgIpc) is 3.31. The number of carbonyl (C=O) groups excluding carboxylic acids is 1. The van der Waals surface area contributed by atoms with E-state index in [0.29, 0.717) is 13.0 Å². The Morgan fingerprint density at radius 1 is 1.33 bits per heavy atom. The Labute approximate surface area is 162 Å². The molecule has 1 aliphatic heterocycles. The van der Waals surface area contributed by atoms with Gasteiger partial charge in [0.05, 0.1) is 17.6 Å². The van der Waals surface area contributed by atoms with Gasteiger partial charge in [-0.05, 0) is 19.4 Å². The minimum Gasteiger partial charge on any atom is -0.369 e. The van der Waals surface area contributed by atoms with Crippen molar-refractivity contribution in [3.63, 3.8) is 0 Å². The Kier molecular flexibility index (Phi) is 4.59. The third-order valence-electron chi connectivity index (χ3n) is 5.55. The number of aryl methyl sites for hydroxylation is 2. The molecule has 3 aromatic heterocycles. The maximum Gasteiger partial charge on any atom is 0.223 e. The summed E-state index contributed by atoms with van der Waals surface area (Å²) < 4.78 is 1.86. The van der Waals surface area contributed by atoms with Gasteiger partial charge < -0.3 is 10.2 Å². The molecule has 0 radical (unpaired) electrons. The molecule has 1 N–H and O–H groups in total. The van der Waals surface area contributed by atoms with Crippen molar-refractivity contribution in [3.05, 3.63) is 34.7 Å². The summed E-state index contributed by atoms with van der Waals surface area (Å²) in [5.74, 6) is 1.19. The number of thiophene rings is 1. The minimum atomic E-state index is 0.0321. The van der Waals surface area contributed by atoms with Gasteiger partial charge in [0, 0.05) is 49.1 Å². The Hall–Kier alpha value is -2.48. The Morgan fingerprint density at radius 3 is 2.85 bits per heavy atom. The van der Waals surface area contributed by atoms with Crippen molar-refractivity contribution in [1.29, 1.82) is 0 Å². The number of fused-ring (bicyclic) bond motifs is 1. The molecule has 142 valence electrons. The molecule has 1 saturated heterocycles. The van der Waals surface area contributed by atoms with Crippen LogP contribution in [-0.2, 0) is 18.3 Å². The van der Waals surface area contributed by atoms with Crippen LogP contribution in [0.1, 0.15) is 35.5 Å². The summed E-state index contributed by atoms with van der Waals surface area (Å²) >= 11 is 1.71. The van der Waals surface area contributed by atoms with E-state index < -0.39 is 0 Å². The molecule has 7 nitrogen and oxygen atoms in total. The number of likely N-dealkylation sites (tertiary alicyclic amines) is 1. The molecule has 8 heteroatoms. The third kappa shape index (κ3) is 3.07. The maximum absolute atomic E-state index is 12.4. The maximum atomic E-state index is 12.4. The lowest BCUT2D eigenvalue weighted by molar-refractivity contribution is -0.127. The predicted octanol–water partition coefficient (Wildman–Crippen LogP) is 2.93. The van der Waals surface area contributed by atoms with E-state index in [4.69, 9.17) is 0 Å². The normalized spacial score (nSPS) is 20.0. The summed E-state index contributed by atoms with van der Waals surface area (Å²) in [6, 6.07) is 2.20. The van der Waals surface area contributed by atoms with Crippen LogP contribution in [0.15, 0.2) is 18.6 Å². The number of nitrogens with one attached hydrogen (secondary N) is 1. The van der Waals surface area contributed by atoms with E-state index in [9.17, 15) is 4.79 Å². The molecular weight excluding hydrogens is 360 g/mol. The van der Waals surface area contributed by atoms with E-state index in [1.807, 2.05) is 29.9 Å². The lowest BCUT2D eigenvalue weighted by atomic mass is 9.94. The second-order valence-electron chi connectivity index (χ2n) is 7.11. The molecule has 1 aliphatic rings. The van der Waals surface area contributed by atoms with Crippen LogP contribution in [0, 0.1) is 12.8 Å². The van der Waals surface area contributed by atoms with Crippen LogP contribution in [0.5, 0.6) is 0 Å². The van der Waals surface area contributed by atoms with Gasteiger partial charge in [-0.1, -0.05) is 6.92 Å². The van der Waals surface area contributed by atoms with Gasteiger partial charge in [-0.2, -0.15) is 5.10 Å². The standard InChI is InChI=1S/C19H24N6OS/c1-5-13-7-14-18(21-10-22-19(14)27-13)20-8-12-6-16(26)24(3)17(12)15-9-23-25(4)11(15)2/h7,9-10,12,17H,5-6,8H2,1-4H3,(H,20,21,22)/t12-,17+/m0/s1. The van der Waals surface area contributed by atoms with Gasteiger partial charge in [0.1, 0.15) is 17.0 Å². The number of carbonyl (C=O) groups is 1. The van der Waals surface area contributed by atoms with E-state index in [0.717, 1.165) is 33.7 Å². The molecule has 0 aromatic carbocycles. The van der Waals surface area contributed by atoms with Gasteiger partial charge in [0.2, 0.25) is 5.91 Å². The van der Waals surface area contributed by atoms with E-state index >= 15 is 0 Å². The van der Waals surface area contributed by atoms with Crippen molar-refractivity contribution < 1.29 is 4.79 Å². The largest absolute Gasteiger partial charge is 0.369 e. The summed E-state index contributed by atoms with van der Waals surface area (Å²) in [5, 5.41) is 8.91. The van der Waals surface area contributed by atoms with Crippen molar-refractivity contribution in [2.75, 3.05) is 18.9 Å². The van der Waals surface area contributed by atoms with Crippen LogP contribution in [0.2, 0.25) is 0 Å². The highest BCUT2D eigenvalue weighted by Gasteiger charge is 2.39. The van der Waals surface area contributed by atoms with Gasteiger partial charge in [0.25, 0.3) is 0 Å². The van der Waals surface area contributed by atoms with Gasteiger partial charge in [-0.15, -0.1) is 11.3 Å². The number of nitrogens with zero attached hydrogens (tertiary/aromatic N) is 5. The lowest BCUT2D eigenvalue weighted by Crippen LogP contribution is -2.27. The lowest BCUT2D eigenvalue weighted by Gasteiger charge is -2.25. The van der Waals surface area contributed by atoms with Gasteiger partial charge in [0.15, 0.2) is 0 Å². The van der Waals surface area contributed by atoms with Gasteiger partial charge >= 0.3 is 0 Å². The first-order valence-electron chi connectivity index (χ1n) is 9.21. The van der Waals surface area contributed by atoms with Crippen LogP contribution in [-0.4, -0.2) is 44.1 Å². The molecule has 0 aliphatic carbocycles. The van der Waals surface area contributed by atoms with Gasteiger partial charge in [-0.25, -0.2) is 9.97 Å². The topological polar surface area (TPSA) is 75.9 Å². The summed E-state index contributed by atoms with van der Waals surface area (Å²) in [6.45, 7) is 4.87. The van der Waals surface area contributed by atoms with Gasteiger partial charge in [-0.3, -0.25) is 9.48 Å². The zero-order valence-corrected chi connectivity index (χ0v) is 16.9. The average molecular weight is 385 g/mol. The number of rotatable bonds is 5. The van der Waals surface area contributed by atoms with Crippen molar-refractivity contribution in [2.45, 2.75) is 32.7 Å². The molecule has 4 heterocycles. The summed E-state index contributed by atoms with van der Waals surface area (Å²) in [4.78, 5) is 25.4. The monoisotopic (exact) mass is 384 g/mol. The highest BCUT2D eigenvalue weighted by atomic mass is 32.1. The smallest absolute Gasteiger partial charge is 0.223 e. The van der Waals surface area contributed by atoms with Crippen LogP contribution in [0.25, 0.3) is 10.2 Å². The zero-order chi connectivity index (χ0) is 19.1. The van der Waals surface area contributed by atoms with Crippen LogP contribution < -0.4 is 5.32 Å². The highest BCUT2D eigenvalue weighted by Crippen LogP contribution is 2.38. The number of anilines is 1. The van der Waals surface area contributed by atoms with E-state index in [1.54, 1.807) is 17.7 Å². The van der Waals surface area contributed by atoms with Crippen LogP contribution in [0.3, 0.4) is 0 Å².